The number of aryl methyl sites for hydroxylation is 1. The lowest BCUT2D eigenvalue weighted by Gasteiger charge is -2.43. The first-order valence-corrected chi connectivity index (χ1v) is 7.77. The zero-order valence-corrected chi connectivity index (χ0v) is 13.3. The van der Waals surface area contributed by atoms with Crippen LogP contribution >= 0.6 is 12.4 Å². The summed E-state index contributed by atoms with van der Waals surface area (Å²) < 4.78 is 1.81. The van der Waals surface area contributed by atoms with E-state index in [4.69, 9.17) is 5.73 Å². The van der Waals surface area contributed by atoms with Crippen molar-refractivity contribution in [3.05, 3.63) is 12.3 Å². The number of fused-ring (bicyclic) bond motifs is 2. The SMILES string of the molecule is CCn1nccc1NC(=O)C1CC2CCCC(C1)C2N.Cl. The van der Waals surface area contributed by atoms with E-state index in [0.717, 1.165) is 25.2 Å². The van der Waals surface area contributed by atoms with Gasteiger partial charge in [0.2, 0.25) is 5.91 Å². The summed E-state index contributed by atoms with van der Waals surface area (Å²) in [5.74, 6) is 2.13. The maximum absolute atomic E-state index is 12.5. The van der Waals surface area contributed by atoms with Gasteiger partial charge in [-0.25, -0.2) is 4.68 Å². The van der Waals surface area contributed by atoms with Gasteiger partial charge in [-0.3, -0.25) is 4.79 Å². The van der Waals surface area contributed by atoms with Crippen molar-refractivity contribution in [3.8, 4) is 0 Å². The topological polar surface area (TPSA) is 72.9 Å². The molecule has 1 aromatic rings. The molecule has 1 aromatic heterocycles. The van der Waals surface area contributed by atoms with Crippen LogP contribution in [0.4, 0.5) is 5.82 Å². The lowest BCUT2D eigenvalue weighted by atomic mass is 9.65. The molecule has 2 bridgehead atoms. The second-order valence-electron chi connectivity index (χ2n) is 6.22. The molecule has 0 radical (unpaired) electrons. The molecule has 6 heteroatoms. The molecule has 0 saturated heterocycles. The summed E-state index contributed by atoms with van der Waals surface area (Å²) in [5, 5.41) is 7.22. The van der Waals surface area contributed by atoms with Gasteiger partial charge in [-0.2, -0.15) is 5.10 Å². The third-order valence-corrected chi connectivity index (χ3v) is 5.05. The Bertz CT molecular complexity index is 476. The minimum atomic E-state index is 0. The van der Waals surface area contributed by atoms with Crippen LogP contribution in [0.3, 0.4) is 0 Å². The van der Waals surface area contributed by atoms with E-state index >= 15 is 0 Å². The Kier molecular flexibility index (Phi) is 5.27. The Morgan fingerprint density at radius 2 is 2.10 bits per heavy atom. The summed E-state index contributed by atoms with van der Waals surface area (Å²) in [6, 6.07) is 2.17. The van der Waals surface area contributed by atoms with E-state index in [2.05, 4.69) is 10.4 Å². The zero-order valence-electron chi connectivity index (χ0n) is 12.5. The molecule has 1 amide bonds. The molecule has 0 aromatic carbocycles. The van der Waals surface area contributed by atoms with Crippen molar-refractivity contribution in [3.63, 3.8) is 0 Å². The summed E-state index contributed by atoms with van der Waals surface area (Å²) in [5.41, 5.74) is 6.28. The van der Waals surface area contributed by atoms with Crippen LogP contribution in [0.2, 0.25) is 0 Å². The van der Waals surface area contributed by atoms with E-state index in [-0.39, 0.29) is 24.2 Å². The molecule has 2 fully saturated rings. The molecule has 0 spiro atoms. The number of hydrogen-bond donors (Lipinski definition) is 2. The Morgan fingerprint density at radius 1 is 1.43 bits per heavy atom. The highest BCUT2D eigenvalue weighted by Crippen LogP contribution is 2.42. The molecule has 3 N–H and O–H groups in total. The molecule has 0 aliphatic heterocycles. The van der Waals surface area contributed by atoms with Crippen molar-refractivity contribution in [2.24, 2.45) is 23.5 Å². The average molecular weight is 313 g/mol. The van der Waals surface area contributed by atoms with Gasteiger partial charge in [-0.05, 0) is 44.4 Å². The van der Waals surface area contributed by atoms with Crippen LogP contribution in [-0.4, -0.2) is 21.7 Å². The number of nitrogens with zero attached hydrogens (tertiary/aromatic N) is 2. The van der Waals surface area contributed by atoms with Crippen LogP contribution in [0, 0.1) is 17.8 Å². The van der Waals surface area contributed by atoms with Crippen molar-refractivity contribution in [2.45, 2.75) is 51.6 Å². The molecule has 2 aliphatic rings. The summed E-state index contributed by atoms with van der Waals surface area (Å²) >= 11 is 0. The molecule has 21 heavy (non-hydrogen) atoms. The van der Waals surface area contributed by atoms with Crippen LogP contribution in [0.1, 0.15) is 39.0 Å². The summed E-state index contributed by atoms with van der Waals surface area (Å²) in [4.78, 5) is 12.5. The molecular formula is C15H25ClN4O. The fourth-order valence-corrected chi connectivity index (χ4v) is 3.92. The molecule has 1 heterocycles. The number of carbonyl (C=O) groups excluding carboxylic acids is 1. The largest absolute Gasteiger partial charge is 0.327 e. The minimum Gasteiger partial charge on any atom is -0.327 e. The number of aromatic nitrogens is 2. The fourth-order valence-electron chi connectivity index (χ4n) is 3.92. The van der Waals surface area contributed by atoms with Crippen molar-refractivity contribution >= 4 is 24.1 Å². The maximum atomic E-state index is 12.5. The van der Waals surface area contributed by atoms with Gasteiger partial charge in [0.15, 0.2) is 0 Å². The molecule has 3 rings (SSSR count). The van der Waals surface area contributed by atoms with Crippen LogP contribution in [0.5, 0.6) is 0 Å². The van der Waals surface area contributed by atoms with Crippen molar-refractivity contribution < 1.29 is 4.79 Å². The molecule has 2 saturated carbocycles. The van der Waals surface area contributed by atoms with Crippen molar-refractivity contribution in [2.75, 3.05) is 5.32 Å². The van der Waals surface area contributed by atoms with E-state index in [1.807, 2.05) is 17.7 Å². The van der Waals surface area contributed by atoms with E-state index in [1.165, 1.54) is 19.3 Å². The van der Waals surface area contributed by atoms with Crippen molar-refractivity contribution in [1.29, 1.82) is 0 Å². The predicted molar refractivity (Wildman–Crippen MR) is 85.3 cm³/mol. The number of anilines is 1. The first-order valence-electron chi connectivity index (χ1n) is 7.77. The Balaban J connectivity index is 0.00000161. The van der Waals surface area contributed by atoms with Crippen LogP contribution < -0.4 is 11.1 Å². The van der Waals surface area contributed by atoms with E-state index in [0.29, 0.717) is 17.9 Å². The molecular weight excluding hydrogens is 288 g/mol. The number of halogens is 1. The summed E-state index contributed by atoms with van der Waals surface area (Å²) in [7, 11) is 0. The highest BCUT2D eigenvalue weighted by Gasteiger charge is 2.40. The molecule has 5 nitrogen and oxygen atoms in total. The molecule has 2 unspecified atom stereocenters. The van der Waals surface area contributed by atoms with Crippen LogP contribution in [0.15, 0.2) is 12.3 Å². The first kappa shape index (κ1) is 16.3. The number of rotatable bonds is 3. The third kappa shape index (κ3) is 3.24. The van der Waals surface area contributed by atoms with Gasteiger partial charge < -0.3 is 11.1 Å². The average Bonchev–Trinajstić information content (AvgIpc) is 2.85. The molecule has 2 aliphatic carbocycles. The molecule has 118 valence electrons. The number of nitrogens with two attached hydrogens (primary N) is 1. The number of carbonyl (C=O) groups is 1. The van der Waals surface area contributed by atoms with Gasteiger partial charge in [0.1, 0.15) is 5.82 Å². The Hall–Kier alpha value is -1.07. The maximum Gasteiger partial charge on any atom is 0.228 e. The summed E-state index contributed by atoms with van der Waals surface area (Å²) in [6.45, 7) is 2.79. The Labute approximate surface area is 132 Å². The highest BCUT2D eigenvalue weighted by molar-refractivity contribution is 5.91. The van der Waals surface area contributed by atoms with Gasteiger partial charge in [0, 0.05) is 24.6 Å². The lowest BCUT2D eigenvalue weighted by molar-refractivity contribution is -0.122. The van der Waals surface area contributed by atoms with Gasteiger partial charge in [-0.15, -0.1) is 12.4 Å². The normalized spacial score (nSPS) is 31.3. The second kappa shape index (κ2) is 6.79. The zero-order chi connectivity index (χ0) is 14.1. The summed E-state index contributed by atoms with van der Waals surface area (Å²) in [6.07, 6.45) is 7.28. The lowest BCUT2D eigenvalue weighted by Crippen LogP contribution is -2.48. The van der Waals surface area contributed by atoms with Gasteiger partial charge in [0.05, 0.1) is 6.20 Å². The van der Waals surface area contributed by atoms with E-state index in [1.54, 1.807) is 6.20 Å². The monoisotopic (exact) mass is 312 g/mol. The third-order valence-electron chi connectivity index (χ3n) is 5.05. The van der Waals surface area contributed by atoms with Crippen molar-refractivity contribution in [1.82, 2.24) is 9.78 Å². The molecule has 2 atom stereocenters. The first-order chi connectivity index (χ1) is 9.69. The fraction of sp³-hybridized carbons (Fsp3) is 0.733. The highest BCUT2D eigenvalue weighted by atomic mass is 35.5. The van der Waals surface area contributed by atoms with Crippen LogP contribution in [0.25, 0.3) is 0 Å². The van der Waals surface area contributed by atoms with E-state index in [9.17, 15) is 4.79 Å². The predicted octanol–water partition coefficient (Wildman–Crippen LogP) is 2.42. The standard InChI is InChI=1S/C15H24N4O.ClH/c1-2-19-13(6-7-17-19)18-15(20)12-8-10-4-3-5-11(9-12)14(10)16;/h6-7,10-12,14H,2-5,8-9,16H2,1H3,(H,18,20);1H. The second-order valence-corrected chi connectivity index (χ2v) is 6.22. The van der Waals surface area contributed by atoms with Gasteiger partial charge in [-0.1, -0.05) is 6.42 Å². The number of amides is 1. The van der Waals surface area contributed by atoms with Crippen LogP contribution in [-0.2, 0) is 11.3 Å². The number of nitrogens with one attached hydrogen (secondary N) is 1. The van der Waals surface area contributed by atoms with Gasteiger partial charge >= 0.3 is 0 Å². The van der Waals surface area contributed by atoms with E-state index < -0.39 is 0 Å². The van der Waals surface area contributed by atoms with Gasteiger partial charge in [0.25, 0.3) is 0 Å². The smallest absolute Gasteiger partial charge is 0.228 e. The number of hydrogen-bond acceptors (Lipinski definition) is 3. The minimum absolute atomic E-state index is 0. The quantitative estimate of drug-likeness (QED) is 0.900. The Morgan fingerprint density at radius 3 is 2.71 bits per heavy atom.